The van der Waals surface area contributed by atoms with Crippen LogP contribution in [-0.4, -0.2) is 40.8 Å². The van der Waals surface area contributed by atoms with Crippen LogP contribution in [0.1, 0.15) is 18.1 Å². The van der Waals surface area contributed by atoms with Gasteiger partial charge in [0.2, 0.25) is 0 Å². The predicted molar refractivity (Wildman–Crippen MR) is 102 cm³/mol. The standard InChI is InChI=1S/C20H22ClNO4/c1-2-22(14-16-13-17(21)6-9-19(16)24)11-12-26-20(25)10-5-15-3-7-18(23)8-4-15/h3-10,13,23-24H,2,11-12,14H2,1H3/b10-5+. The number of carbonyl (C=O) groups excluding carboxylic acids is 1. The van der Waals surface area contributed by atoms with E-state index in [1.807, 2.05) is 11.8 Å². The number of esters is 1. The first-order valence-corrected chi connectivity index (χ1v) is 8.69. The molecule has 0 spiro atoms. The maximum atomic E-state index is 11.8. The number of benzene rings is 2. The lowest BCUT2D eigenvalue weighted by Crippen LogP contribution is -2.27. The molecule has 0 fully saturated rings. The first-order chi connectivity index (χ1) is 12.5. The normalized spacial score (nSPS) is 11.2. The van der Waals surface area contributed by atoms with E-state index in [0.717, 1.165) is 17.7 Å². The van der Waals surface area contributed by atoms with Crippen LogP contribution in [0.15, 0.2) is 48.5 Å². The Bertz CT molecular complexity index is 759. The van der Waals surface area contributed by atoms with Gasteiger partial charge in [0, 0.05) is 29.8 Å². The number of ether oxygens (including phenoxy) is 1. The Morgan fingerprint density at radius 1 is 1.19 bits per heavy atom. The third-order valence-corrected chi connectivity index (χ3v) is 4.07. The zero-order valence-electron chi connectivity index (χ0n) is 14.6. The maximum Gasteiger partial charge on any atom is 0.330 e. The Labute approximate surface area is 158 Å². The molecule has 0 aliphatic rings. The fraction of sp³-hybridized carbons (Fsp3) is 0.250. The highest BCUT2D eigenvalue weighted by atomic mass is 35.5. The van der Waals surface area contributed by atoms with E-state index >= 15 is 0 Å². The molecule has 0 aromatic heterocycles. The van der Waals surface area contributed by atoms with Crippen LogP contribution in [0.2, 0.25) is 5.02 Å². The van der Waals surface area contributed by atoms with Crippen LogP contribution in [0.4, 0.5) is 0 Å². The third kappa shape index (κ3) is 6.43. The Kier molecular flexibility index (Phi) is 7.51. The van der Waals surface area contributed by atoms with Gasteiger partial charge in [-0.1, -0.05) is 30.7 Å². The molecule has 2 aromatic carbocycles. The van der Waals surface area contributed by atoms with Gasteiger partial charge in [0.25, 0.3) is 0 Å². The summed E-state index contributed by atoms with van der Waals surface area (Å²) in [5.74, 6) is -0.0588. The van der Waals surface area contributed by atoms with Crippen LogP contribution in [-0.2, 0) is 16.1 Å². The molecule has 0 atom stereocenters. The van der Waals surface area contributed by atoms with Crippen LogP contribution >= 0.6 is 11.6 Å². The summed E-state index contributed by atoms with van der Waals surface area (Å²) in [6.45, 7) is 4.04. The van der Waals surface area contributed by atoms with Crippen molar-refractivity contribution in [1.82, 2.24) is 4.90 Å². The molecule has 0 saturated carbocycles. The highest BCUT2D eigenvalue weighted by Gasteiger charge is 2.09. The van der Waals surface area contributed by atoms with Gasteiger partial charge in [-0.2, -0.15) is 0 Å². The minimum Gasteiger partial charge on any atom is -0.508 e. The zero-order chi connectivity index (χ0) is 18.9. The number of aromatic hydroxyl groups is 2. The quantitative estimate of drug-likeness (QED) is 0.542. The first-order valence-electron chi connectivity index (χ1n) is 8.31. The molecule has 2 N–H and O–H groups in total. The summed E-state index contributed by atoms with van der Waals surface area (Å²) in [6, 6.07) is 11.4. The number of phenols is 2. The lowest BCUT2D eigenvalue weighted by atomic mass is 10.2. The van der Waals surface area contributed by atoms with Gasteiger partial charge in [-0.05, 0) is 48.5 Å². The monoisotopic (exact) mass is 375 g/mol. The number of phenolic OH excluding ortho intramolecular Hbond substituents is 2. The Morgan fingerprint density at radius 2 is 1.92 bits per heavy atom. The van der Waals surface area contributed by atoms with E-state index < -0.39 is 5.97 Å². The van der Waals surface area contributed by atoms with Crippen molar-refractivity contribution in [3.05, 3.63) is 64.7 Å². The van der Waals surface area contributed by atoms with Crippen molar-refractivity contribution in [2.75, 3.05) is 19.7 Å². The minimum atomic E-state index is -0.431. The highest BCUT2D eigenvalue weighted by Crippen LogP contribution is 2.22. The van der Waals surface area contributed by atoms with Crippen LogP contribution in [0.3, 0.4) is 0 Å². The highest BCUT2D eigenvalue weighted by molar-refractivity contribution is 6.30. The first kappa shape index (κ1) is 19.8. The summed E-state index contributed by atoms with van der Waals surface area (Å²) in [4.78, 5) is 13.8. The number of likely N-dealkylation sites (N-methyl/N-ethyl adjacent to an activating group) is 1. The number of hydrogen-bond donors (Lipinski definition) is 2. The van der Waals surface area contributed by atoms with Gasteiger partial charge in [-0.15, -0.1) is 0 Å². The van der Waals surface area contributed by atoms with Crippen LogP contribution in [0.25, 0.3) is 6.08 Å². The van der Waals surface area contributed by atoms with E-state index in [4.69, 9.17) is 16.3 Å². The van der Waals surface area contributed by atoms with Crippen molar-refractivity contribution >= 4 is 23.6 Å². The van der Waals surface area contributed by atoms with Gasteiger partial charge in [-0.3, -0.25) is 4.90 Å². The Morgan fingerprint density at radius 3 is 2.62 bits per heavy atom. The predicted octanol–water partition coefficient (Wildman–Crippen LogP) is 3.83. The Balaban J connectivity index is 1.80. The maximum absolute atomic E-state index is 11.8. The molecule has 0 saturated heterocycles. The average molecular weight is 376 g/mol. The van der Waals surface area contributed by atoms with E-state index in [0.29, 0.717) is 18.1 Å². The number of rotatable bonds is 8. The van der Waals surface area contributed by atoms with Crippen LogP contribution < -0.4 is 0 Å². The van der Waals surface area contributed by atoms with E-state index in [1.54, 1.807) is 48.5 Å². The van der Waals surface area contributed by atoms with Crippen molar-refractivity contribution in [2.24, 2.45) is 0 Å². The Hall–Kier alpha value is -2.50. The molecule has 0 radical (unpaired) electrons. The summed E-state index contributed by atoms with van der Waals surface area (Å²) in [5.41, 5.74) is 1.53. The molecule has 0 heterocycles. The lowest BCUT2D eigenvalue weighted by molar-refractivity contribution is -0.138. The zero-order valence-corrected chi connectivity index (χ0v) is 15.3. The summed E-state index contributed by atoms with van der Waals surface area (Å²) in [5, 5.41) is 19.7. The molecule has 0 aliphatic carbocycles. The van der Waals surface area contributed by atoms with Gasteiger partial charge in [-0.25, -0.2) is 4.79 Å². The second-order valence-electron chi connectivity index (χ2n) is 5.73. The van der Waals surface area contributed by atoms with Crippen molar-refractivity contribution in [3.63, 3.8) is 0 Å². The molecule has 0 aliphatic heterocycles. The number of hydrogen-bond acceptors (Lipinski definition) is 5. The number of carbonyl (C=O) groups is 1. The van der Waals surface area contributed by atoms with E-state index in [1.165, 1.54) is 6.08 Å². The summed E-state index contributed by atoms with van der Waals surface area (Å²) < 4.78 is 5.21. The lowest BCUT2D eigenvalue weighted by Gasteiger charge is -2.20. The van der Waals surface area contributed by atoms with Crippen molar-refractivity contribution in [3.8, 4) is 11.5 Å². The molecule has 2 rings (SSSR count). The summed E-state index contributed by atoms with van der Waals surface area (Å²) in [7, 11) is 0. The van der Waals surface area contributed by atoms with Gasteiger partial charge >= 0.3 is 5.97 Å². The molecule has 138 valence electrons. The molecule has 5 nitrogen and oxygen atoms in total. The molecular weight excluding hydrogens is 354 g/mol. The van der Waals surface area contributed by atoms with Crippen molar-refractivity contribution in [2.45, 2.75) is 13.5 Å². The van der Waals surface area contributed by atoms with Gasteiger partial charge < -0.3 is 14.9 Å². The molecule has 0 amide bonds. The van der Waals surface area contributed by atoms with Gasteiger partial charge in [0.15, 0.2) is 0 Å². The van der Waals surface area contributed by atoms with E-state index in [2.05, 4.69) is 0 Å². The van der Waals surface area contributed by atoms with E-state index in [-0.39, 0.29) is 18.1 Å². The summed E-state index contributed by atoms with van der Waals surface area (Å²) in [6.07, 6.45) is 2.98. The molecule has 0 unspecified atom stereocenters. The average Bonchev–Trinajstić information content (AvgIpc) is 2.63. The fourth-order valence-electron chi connectivity index (χ4n) is 2.34. The molecular formula is C20H22ClNO4. The minimum absolute atomic E-state index is 0.176. The SMILES string of the molecule is CCN(CCOC(=O)/C=C/c1ccc(O)cc1)Cc1cc(Cl)ccc1O. The molecule has 2 aromatic rings. The van der Waals surface area contributed by atoms with Gasteiger partial charge in [0.05, 0.1) is 0 Å². The third-order valence-electron chi connectivity index (χ3n) is 3.84. The molecule has 0 bridgehead atoms. The van der Waals surface area contributed by atoms with Crippen LogP contribution in [0, 0.1) is 0 Å². The largest absolute Gasteiger partial charge is 0.508 e. The van der Waals surface area contributed by atoms with Gasteiger partial charge in [0.1, 0.15) is 18.1 Å². The van der Waals surface area contributed by atoms with Crippen molar-refractivity contribution < 1.29 is 19.7 Å². The smallest absolute Gasteiger partial charge is 0.330 e. The number of nitrogens with zero attached hydrogens (tertiary/aromatic N) is 1. The topological polar surface area (TPSA) is 70.0 Å². The van der Waals surface area contributed by atoms with Crippen molar-refractivity contribution in [1.29, 1.82) is 0 Å². The molecule has 6 heteroatoms. The molecule has 26 heavy (non-hydrogen) atoms. The number of halogens is 1. The van der Waals surface area contributed by atoms with E-state index in [9.17, 15) is 15.0 Å². The second-order valence-corrected chi connectivity index (χ2v) is 6.17. The van der Waals surface area contributed by atoms with Crippen LogP contribution in [0.5, 0.6) is 11.5 Å². The second kappa shape index (κ2) is 9.85. The summed E-state index contributed by atoms with van der Waals surface area (Å²) >= 11 is 5.96. The fourth-order valence-corrected chi connectivity index (χ4v) is 2.54.